The lowest BCUT2D eigenvalue weighted by atomic mass is 10.1. The van der Waals surface area contributed by atoms with Crippen molar-refractivity contribution >= 4 is 34.8 Å². The van der Waals surface area contributed by atoms with E-state index in [4.69, 9.17) is 0 Å². The molecule has 7 heteroatoms. The van der Waals surface area contributed by atoms with Crippen LogP contribution < -0.4 is 21.3 Å². The van der Waals surface area contributed by atoms with Crippen molar-refractivity contribution in [2.24, 2.45) is 0 Å². The molecular weight excluding hydrogens is 416 g/mol. The maximum atomic E-state index is 12.3. The number of aryl methyl sites for hydroxylation is 1. The summed E-state index contributed by atoms with van der Waals surface area (Å²) >= 11 is 0. The van der Waals surface area contributed by atoms with Crippen molar-refractivity contribution in [1.82, 2.24) is 5.32 Å². The number of benzene rings is 3. The average molecular weight is 445 g/mol. The molecule has 0 aliphatic rings. The lowest BCUT2D eigenvalue weighted by Gasteiger charge is -2.11. The van der Waals surface area contributed by atoms with Crippen LogP contribution in [0.5, 0.6) is 0 Å². The molecule has 0 fully saturated rings. The van der Waals surface area contributed by atoms with Gasteiger partial charge in [0.25, 0.3) is 5.91 Å². The van der Waals surface area contributed by atoms with E-state index in [1.807, 2.05) is 49.4 Å². The fourth-order valence-electron chi connectivity index (χ4n) is 3.22. The minimum Gasteiger partial charge on any atom is -0.376 e. The van der Waals surface area contributed by atoms with Gasteiger partial charge in [0, 0.05) is 35.6 Å². The Morgan fingerprint density at radius 2 is 1.39 bits per heavy atom. The fraction of sp³-hybridized carbons (Fsp3) is 0.192. The molecule has 0 aromatic heterocycles. The van der Waals surface area contributed by atoms with E-state index in [-0.39, 0.29) is 24.3 Å². The van der Waals surface area contributed by atoms with Crippen LogP contribution in [-0.4, -0.2) is 30.8 Å². The summed E-state index contributed by atoms with van der Waals surface area (Å²) in [5.74, 6) is -0.504. The third-order valence-electron chi connectivity index (χ3n) is 4.83. The Hall–Kier alpha value is -4.13. The molecule has 3 aromatic carbocycles. The molecule has 170 valence electrons. The van der Waals surface area contributed by atoms with Crippen LogP contribution in [0.15, 0.2) is 78.9 Å². The molecule has 0 atom stereocenters. The second kappa shape index (κ2) is 12.0. The zero-order valence-corrected chi connectivity index (χ0v) is 18.6. The summed E-state index contributed by atoms with van der Waals surface area (Å²) in [6.45, 7) is 2.42. The van der Waals surface area contributed by atoms with Crippen LogP contribution in [0.3, 0.4) is 0 Å². The van der Waals surface area contributed by atoms with Gasteiger partial charge in [-0.3, -0.25) is 14.4 Å². The molecule has 0 heterocycles. The van der Waals surface area contributed by atoms with Gasteiger partial charge in [-0.1, -0.05) is 42.5 Å². The molecule has 3 amide bonds. The minimum absolute atomic E-state index is 0.0385. The Bertz CT molecular complexity index is 1100. The van der Waals surface area contributed by atoms with E-state index in [0.717, 1.165) is 5.56 Å². The average Bonchev–Trinajstić information content (AvgIpc) is 2.83. The Morgan fingerprint density at radius 3 is 2.15 bits per heavy atom. The normalized spacial score (nSPS) is 10.2. The smallest absolute Gasteiger partial charge is 0.251 e. The quantitative estimate of drug-likeness (QED) is 0.379. The largest absolute Gasteiger partial charge is 0.376 e. The standard InChI is InChI=1S/C26H28N4O3/c1-2-27-26(33)20-10-6-12-22(16-20)30-25(32)18-28-21-11-7-13-23(17-21)29-24(31)15-14-19-8-4-3-5-9-19/h3-13,16-17,28H,2,14-15,18H2,1H3,(H,27,33)(H,29,31)(H,30,32). The van der Waals surface area contributed by atoms with Gasteiger partial charge in [-0.15, -0.1) is 0 Å². The second-order valence-corrected chi connectivity index (χ2v) is 7.46. The van der Waals surface area contributed by atoms with Gasteiger partial charge in [0.2, 0.25) is 11.8 Å². The van der Waals surface area contributed by atoms with E-state index in [0.29, 0.717) is 42.0 Å². The third kappa shape index (κ3) is 7.81. The number of hydrogen-bond acceptors (Lipinski definition) is 4. The minimum atomic E-state index is -0.250. The maximum Gasteiger partial charge on any atom is 0.251 e. The van der Waals surface area contributed by atoms with Crippen LogP contribution in [0.2, 0.25) is 0 Å². The molecule has 0 radical (unpaired) electrons. The fourth-order valence-corrected chi connectivity index (χ4v) is 3.22. The molecule has 0 saturated heterocycles. The molecule has 4 N–H and O–H groups in total. The number of amides is 3. The molecule has 0 saturated carbocycles. The van der Waals surface area contributed by atoms with E-state index in [1.54, 1.807) is 36.4 Å². The van der Waals surface area contributed by atoms with Crippen molar-refractivity contribution in [2.45, 2.75) is 19.8 Å². The van der Waals surface area contributed by atoms with Crippen LogP contribution in [-0.2, 0) is 16.0 Å². The van der Waals surface area contributed by atoms with Crippen molar-refractivity contribution in [2.75, 3.05) is 29.0 Å². The molecule has 0 aliphatic carbocycles. The van der Waals surface area contributed by atoms with Crippen molar-refractivity contribution in [3.05, 3.63) is 90.0 Å². The summed E-state index contributed by atoms with van der Waals surface area (Å²) in [5.41, 5.74) is 3.52. The third-order valence-corrected chi connectivity index (χ3v) is 4.83. The first-order valence-corrected chi connectivity index (χ1v) is 10.9. The molecule has 0 bridgehead atoms. The van der Waals surface area contributed by atoms with Crippen LogP contribution >= 0.6 is 0 Å². The van der Waals surface area contributed by atoms with Crippen molar-refractivity contribution in [1.29, 1.82) is 0 Å². The topological polar surface area (TPSA) is 99.3 Å². The summed E-state index contributed by atoms with van der Waals surface area (Å²) < 4.78 is 0. The maximum absolute atomic E-state index is 12.3. The lowest BCUT2D eigenvalue weighted by Crippen LogP contribution is -2.24. The molecule has 3 aromatic rings. The predicted octanol–water partition coefficient (Wildman–Crippen LogP) is 4.06. The summed E-state index contributed by atoms with van der Waals surface area (Å²) in [5, 5.41) is 11.4. The summed E-state index contributed by atoms with van der Waals surface area (Å²) in [6.07, 6.45) is 1.06. The summed E-state index contributed by atoms with van der Waals surface area (Å²) in [7, 11) is 0. The molecule has 0 unspecified atom stereocenters. The monoisotopic (exact) mass is 444 g/mol. The predicted molar refractivity (Wildman–Crippen MR) is 131 cm³/mol. The highest BCUT2D eigenvalue weighted by Crippen LogP contribution is 2.16. The van der Waals surface area contributed by atoms with Gasteiger partial charge in [0.05, 0.1) is 6.54 Å². The molecule has 0 spiro atoms. The molecule has 33 heavy (non-hydrogen) atoms. The van der Waals surface area contributed by atoms with Crippen LogP contribution in [0, 0.1) is 0 Å². The van der Waals surface area contributed by atoms with E-state index < -0.39 is 0 Å². The van der Waals surface area contributed by atoms with E-state index in [9.17, 15) is 14.4 Å². The highest BCUT2D eigenvalue weighted by molar-refractivity contribution is 5.98. The summed E-state index contributed by atoms with van der Waals surface area (Å²) in [6, 6.07) is 23.9. The van der Waals surface area contributed by atoms with Gasteiger partial charge in [-0.05, 0) is 55.3 Å². The van der Waals surface area contributed by atoms with Gasteiger partial charge < -0.3 is 21.3 Å². The number of hydrogen-bond donors (Lipinski definition) is 4. The Morgan fingerprint density at radius 1 is 0.727 bits per heavy atom. The van der Waals surface area contributed by atoms with Crippen molar-refractivity contribution < 1.29 is 14.4 Å². The Kier molecular flexibility index (Phi) is 8.59. The lowest BCUT2D eigenvalue weighted by molar-refractivity contribution is -0.116. The van der Waals surface area contributed by atoms with Crippen molar-refractivity contribution in [3.63, 3.8) is 0 Å². The van der Waals surface area contributed by atoms with Gasteiger partial charge in [-0.2, -0.15) is 0 Å². The highest BCUT2D eigenvalue weighted by Gasteiger charge is 2.08. The van der Waals surface area contributed by atoms with Gasteiger partial charge in [0.15, 0.2) is 0 Å². The number of carbonyl (C=O) groups excluding carboxylic acids is 3. The summed E-state index contributed by atoms with van der Waals surface area (Å²) in [4.78, 5) is 36.5. The van der Waals surface area contributed by atoms with Gasteiger partial charge >= 0.3 is 0 Å². The highest BCUT2D eigenvalue weighted by atomic mass is 16.2. The molecular formula is C26H28N4O3. The van der Waals surface area contributed by atoms with Gasteiger partial charge in [-0.25, -0.2) is 0 Å². The van der Waals surface area contributed by atoms with Crippen LogP contribution in [0.25, 0.3) is 0 Å². The first-order valence-electron chi connectivity index (χ1n) is 10.9. The zero-order valence-electron chi connectivity index (χ0n) is 18.6. The second-order valence-electron chi connectivity index (χ2n) is 7.46. The van der Waals surface area contributed by atoms with Gasteiger partial charge in [0.1, 0.15) is 0 Å². The first-order chi connectivity index (χ1) is 16.0. The van der Waals surface area contributed by atoms with Crippen LogP contribution in [0.4, 0.5) is 17.1 Å². The Balaban J connectivity index is 1.48. The van der Waals surface area contributed by atoms with E-state index in [2.05, 4.69) is 21.3 Å². The molecule has 0 aliphatic heterocycles. The first kappa shape index (κ1) is 23.5. The number of carbonyl (C=O) groups is 3. The Labute approximate surface area is 193 Å². The zero-order chi connectivity index (χ0) is 23.5. The SMILES string of the molecule is CCNC(=O)c1cccc(NC(=O)CNc2cccc(NC(=O)CCc3ccccc3)c2)c1. The molecule has 3 rings (SSSR count). The van der Waals surface area contributed by atoms with Crippen molar-refractivity contribution in [3.8, 4) is 0 Å². The molecule has 7 nitrogen and oxygen atoms in total. The number of anilines is 3. The van der Waals surface area contributed by atoms with E-state index >= 15 is 0 Å². The van der Waals surface area contributed by atoms with E-state index in [1.165, 1.54) is 0 Å². The van der Waals surface area contributed by atoms with Crippen LogP contribution in [0.1, 0.15) is 29.3 Å². The number of nitrogens with one attached hydrogen (secondary N) is 4. The number of rotatable bonds is 10.